The van der Waals surface area contributed by atoms with Gasteiger partial charge in [-0.15, -0.1) is 0 Å². The lowest BCUT2D eigenvalue weighted by atomic mass is 9.75. The van der Waals surface area contributed by atoms with Crippen molar-refractivity contribution in [2.75, 3.05) is 11.4 Å². The van der Waals surface area contributed by atoms with Crippen LogP contribution in [0.4, 0.5) is 5.69 Å². The van der Waals surface area contributed by atoms with E-state index in [1.807, 2.05) is 73.7 Å². The Morgan fingerprint density at radius 3 is 2.43 bits per heavy atom. The van der Waals surface area contributed by atoms with E-state index in [-0.39, 0.29) is 23.4 Å². The largest absolute Gasteiger partial charge is 0.283 e. The highest BCUT2D eigenvalue weighted by Crippen LogP contribution is 2.62. The molecule has 0 saturated carbocycles. The summed E-state index contributed by atoms with van der Waals surface area (Å²) < 4.78 is 1.70. The molecule has 7 heteroatoms. The third-order valence-electron chi connectivity index (χ3n) is 9.00. The molecule has 4 aliphatic heterocycles. The fraction of sp³-hybridized carbons (Fsp3) is 0.267. The first-order valence-electron chi connectivity index (χ1n) is 12.9. The summed E-state index contributed by atoms with van der Waals surface area (Å²) >= 11 is 0. The van der Waals surface area contributed by atoms with E-state index in [0.29, 0.717) is 22.4 Å². The maximum absolute atomic E-state index is 14.5. The van der Waals surface area contributed by atoms with Crippen molar-refractivity contribution in [2.24, 2.45) is 11.8 Å². The number of aromatic nitrogens is 2. The number of carbonyl (C=O) groups is 2. The predicted octanol–water partition coefficient (Wildman–Crippen LogP) is 3.53. The molecule has 8 rings (SSSR count). The zero-order valence-corrected chi connectivity index (χ0v) is 20.3. The van der Waals surface area contributed by atoms with Gasteiger partial charge in [-0.1, -0.05) is 48.5 Å². The summed E-state index contributed by atoms with van der Waals surface area (Å²) in [5, 5.41) is 0.543. The zero-order valence-electron chi connectivity index (χ0n) is 20.3. The van der Waals surface area contributed by atoms with Gasteiger partial charge in [0.1, 0.15) is 11.4 Å². The number of hydrogen-bond donors (Lipinski definition) is 0. The highest BCUT2D eigenvalue weighted by molar-refractivity contribution is 6.23. The Bertz CT molecular complexity index is 1740. The van der Waals surface area contributed by atoms with Crippen LogP contribution in [0.25, 0.3) is 16.6 Å². The van der Waals surface area contributed by atoms with Gasteiger partial charge in [0.25, 0.3) is 5.56 Å². The average molecular weight is 489 g/mol. The van der Waals surface area contributed by atoms with E-state index in [2.05, 4.69) is 4.90 Å². The van der Waals surface area contributed by atoms with E-state index in [1.165, 1.54) is 4.90 Å². The topological polar surface area (TPSA) is 75.5 Å². The molecule has 7 nitrogen and oxygen atoms in total. The van der Waals surface area contributed by atoms with Crippen LogP contribution < -0.4 is 10.5 Å². The Morgan fingerprint density at radius 1 is 0.865 bits per heavy atom. The van der Waals surface area contributed by atoms with E-state index in [4.69, 9.17) is 4.98 Å². The highest BCUT2D eigenvalue weighted by atomic mass is 16.2. The van der Waals surface area contributed by atoms with Crippen molar-refractivity contribution in [3.05, 3.63) is 100 Å². The fourth-order valence-electron chi connectivity index (χ4n) is 7.67. The summed E-state index contributed by atoms with van der Waals surface area (Å²) in [6.45, 7) is 2.68. The van der Waals surface area contributed by atoms with E-state index >= 15 is 0 Å². The van der Waals surface area contributed by atoms with E-state index in [0.717, 1.165) is 36.2 Å². The fourth-order valence-corrected chi connectivity index (χ4v) is 7.67. The lowest BCUT2D eigenvalue weighted by Crippen LogP contribution is -2.51. The zero-order chi connectivity index (χ0) is 25.1. The first kappa shape index (κ1) is 21.0. The molecule has 3 aromatic carbocycles. The normalized spacial score (nSPS) is 27.7. The van der Waals surface area contributed by atoms with Gasteiger partial charge in [-0.2, -0.15) is 0 Å². The van der Waals surface area contributed by atoms with Crippen LogP contribution in [0.2, 0.25) is 0 Å². The van der Waals surface area contributed by atoms with Crippen molar-refractivity contribution >= 4 is 28.4 Å². The monoisotopic (exact) mass is 488 g/mol. The third kappa shape index (κ3) is 2.32. The average Bonchev–Trinajstić information content (AvgIpc) is 3.62. The molecule has 0 unspecified atom stereocenters. The van der Waals surface area contributed by atoms with Crippen LogP contribution in [0.1, 0.15) is 29.8 Å². The number of fused-ring (bicyclic) bond motifs is 11. The summed E-state index contributed by atoms with van der Waals surface area (Å²) in [7, 11) is 0. The molecule has 2 amide bonds. The summed E-state index contributed by atoms with van der Waals surface area (Å²) in [6, 6.07) is 22.6. The van der Waals surface area contributed by atoms with Crippen molar-refractivity contribution in [1.29, 1.82) is 0 Å². The number of para-hydroxylation sites is 3. The Hall–Kier alpha value is -4.10. The number of anilines is 1. The van der Waals surface area contributed by atoms with Crippen molar-refractivity contribution in [3.63, 3.8) is 0 Å². The summed E-state index contributed by atoms with van der Waals surface area (Å²) in [5.41, 5.74) is 2.66. The van der Waals surface area contributed by atoms with E-state index in [1.54, 1.807) is 10.6 Å². The van der Waals surface area contributed by atoms with E-state index in [9.17, 15) is 14.4 Å². The SMILES string of the molecule is Cc1ccccc1N1C(=O)[C@H]2[C@@H]3CCCN3[C@]3(c4ccccc4-n4c3nc3ccccc3c4=O)[C@H]2C1=O. The number of imide groups is 1. The van der Waals surface area contributed by atoms with Crippen molar-refractivity contribution in [2.45, 2.75) is 31.3 Å². The van der Waals surface area contributed by atoms with Gasteiger partial charge < -0.3 is 0 Å². The van der Waals surface area contributed by atoms with Gasteiger partial charge in [-0.3, -0.25) is 23.9 Å². The van der Waals surface area contributed by atoms with Crippen LogP contribution in [0, 0.1) is 18.8 Å². The van der Waals surface area contributed by atoms with E-state index < -0.39 is 17.4 Å². The Kier molecular flexibility index (Phi) is 3.99. The second kappa shape index (κ2) is 7.01. The molecule has 4 aliphatic rings. The Morgan fingerprint density at radius 2 is 1.59 bits per heavy atom. The summed E-state index contributed by atoms with van der Waals surface area (Å²) in [4.78, 5) is 51.4. The van der Waals surface area contributed by atoms with Crippen LogP contribution in [-0.2, 0) is 15.1 Å². The molecule has 4 atom stereocenters. The van der Waals surface area contributed by atoms with Gasteiger partial charge in [0, 0.05) is 11.6 Å². The van der Waals surface area contributed by atoms with Crippen LogP contribution in [0.3, 0.4) is 0 Å². The molecule has 182 valence electrons. The standard InChI is InChI=1S/C30H24N4O3/c1-17-9-2-6-13-21(17)33-27(36)24-23-15-8-16-32(23)30(25(24)28(33)37)19-11-4-7-14-22(19)34-26(35)18-10-3-5-12-20(18)31-29(30)34/h2-7,9-14,23-25H,8,15-16H2,1H3/t23-,24-,25+,30+/m0/s1. The predicted molar refractivity (Wildman–Crippen MR) is 138 cm³/mol. The summed E-state index contributed by atoms with van der Waals surface area (Å²) in [5.74, 6) is -0.934. The molecule has 1 aromatic heterocycles. The summed E-state index contributed by atoms with van der Waals surface area (Å²) in [6.07, 6.45) is 1.77. The van der Waals surface area contributed by atoms with Gasteiger partial charge in [0.2, 0.25) is 11.8 Å². The van der Waals surface area contributed by atoms with Gasteiger partial charge >= 0.3 is 0 Å². The second-order valence-corrected chi connectivity index (χ2v) is 10.6. The lowest BCUT2D eigenvalue weighted by molar-refractivity contribution is -0.124. The van der Waals surface area contributed by atoms with Crippen LogP contribution in [0.15, 0.2) is 77.6 Å². The molecular formula is C30H24N4O3. The number of hydrogen-bond acceptors (Lipinski definition) is 5. The molecular weight excluding hydrogens is 464 g/mol. The molecule has 3 saturated heterocycles. The van der Waals surface area contributed by atoms with Gasteiger partial charge in [-0.25, -0.2) is 9.88 Å². The smallest absolute Gasteiger partial charge is 0.266 e. The number of carbonyl (C=O) groups excluding carboxylic acids is 2. The number of rotatable bonds is 1. The van der Waals surface area contributed by atoms with Gasteiger partial charge in [0.05, 0.1) is 34.1 Å². The number of amides is 2. The molecule has 37 heavy (non-hydrogen) atoms. The van der Waals surface area contributed by atoms with Crippen molar-refractivity contribution in [3.8, 4) is 5.69 Å². The van der Waals surface area contributed by atoms with Crippen molar-refractivity contribution in [1.82, 2.24) is 14.5 Å². The maximum Gasteiger partial charge on any atom is 0.266 e. The first-order chi connectivity index (χ1) is 18.0. The molecule has 4 aromatic rings. The first-order valence-corrected chi connectivity index (χ1v) is 12.9. The molecule has 0 aliphatic carbocycles. The van der Waals surface area contributed by atoms with Crippen LogP contribution in [-0.4, -0.2) is 38.9 Å². The van der Waals surface area contributed by atoms with Crippen LogP contribution >= 0.6 is 0 Å². The third-order valence-corrected chi connectivity index (χ3v) is 9.00. The highest BCUT2D eigenvalue weighted by Gasteiger charge is 2.73. The molecule has 3 fully saturated rings. The molecule has 0 bridgehead atoms. The molecule has 5 heterocycles. The van der Waals surface area contributed by atoms with Crippen molar-refractivity contribution < 1.29 is 9.59 Å². The van der Waals surface area contributed by atoms with Gasteiger partial charge in [0.15, 0.2) is 0 Å². The minimum Gasteiger partial charge on any atom is -0.283 e. The minimum atomic E-state index is -0.976. The number of aryl methyl sites for hydroxylation is 1. The second-order valence-electron chi connectivity index (χ2n) is 10.6. The molecule has 1 spiro atoms. The molecule has 0 radical (unpaired) electrons. The Balaban J connectivity index is 1.46. The van der Waals surface area contributed by atoms with Gasteiger partial charge in [-0.05, 0) is 56.1 Å². The maximum atomic E-state index is 14.5. The number of nitrogens with zero attached hydrogens (tertiary/aromatic N) is 4. The minimum absolute atomic E-state index is 0.0848. The molecule has 0 N–H and O–H groups in total. The quantitative estimate of drug-likeness (QED) is 0.383. The number of benzene rings is 3. The Labute approximate surface area is 213 Å². The lowest BCUT2D eigenvalue weighted by Gasteiger charge is -2.38. The van der Waals surface area contributed by atoms with Crippen LogP contribution in [0.5, 0.6) is 0 Å².